The van der Waals surface area contributed by atoms with Crippen molar-refractivity contribution >= 4 is 6.21 Å². The highest BCUT2D eigenvalue weighted by Gasteiger charge is 2.25. The van der Waals surface area contributed by atoms with Crippen molar-refractivity contribution in [3.8, 4) is 5.75 Å². The van der Waals surface area contributed by atoms with Crippen molar-refractivity contribution in [1.82, 2.24) is 4.90 Å². The van der Waals surface area contributed by atoms with Gasteiger partial charge in [0, 0.05) is 31.1 Å². The van der Waals surface area contributed by atoms with E-state index in [9.17, 15) is 0 Å². The van der Waals surface area contributed by atoms with Crippen LogP contribution < -0.4 is 4.74 Å². The van der Waals surface area contributed by atoms with Crippen LogP contribution in [0.3, 0.4) is 0 Å². The lowest BCUT2D eigenvalue weighted by Crippen LogP contribution is -2.29. The molecular formula is C15H22N2O2. The number of rotatable bonds is 5. The number of methoxy groups -OCH3 is 1. The van der Waals surface area contributed by atoms with Crippen LogP contribution >= 0.6 is 0 Å². The number of ether oxygens (including phenoxy) is 1. The third-order valence-corrected chi connectivity index (χ3v) is 3.45. The van der Waals surface area contributed by atoms with Crippen molar-refractivity contribution in [3.05, 3.63) is 29.8 Å². The van der Waals surface area contributed by atoms with Gasteiger partial charge in [-0.1, -0.05) is 17.3 Å². The minimum atomic E-state index is 0.202. The molecule has 0 spiro atoms. The molecular weight excluding hydrogens is 240 g/mol. The molecule has 4 nitrogen and oxygen atoms in total. The standard InChI is InChI=1S/C15H22N2O2/c1-12(2)17-9-8-14(11-17)19-16-10-13-6-4-5-7-15(13)18-3/h4-7,10,12,14H,8-9,11H2,1-3H3/b16-10+. The van der Waals surface area contributed by atoms with E-state index in [1.807, 2.05) is 24.3 Å². The Morgan fingerprint density at radius 1 is 1.37 bits per heavy atom. The molecule has 1 fully saturated rings. The van der Waals surface area contributed by atoms with Gasteiger partial charge in [-0.2, -0.15) is 0 Å². The molecule has 1 aliphatic heterocycles. The van der Waals surface area contributed by atoms with Crippen molar-refractivity contribution in [1.29, 1.82) is 0 Å². The average molecular weight is 262 g/mol. The Morgan fingerprint density at radius 2 is 2.16 bits per heavy atom. The fraction of sp³-hybridized carbons (Fsp3) is 0.533. The van der Waals surface area contributed by atoms with E-state index in [0.717, 1.165) is 30.8 Å². The SMILES string of the molecule is COc1ccccc1/C=N/OC1CCN(C(C)C)C1. The highest BCUT2D eigenvalue weighted by Crippen LogP contribution is 2.17. The third-order valence-electron chi connectivity index (χ3n) is 3.45. The van der Waals surface area contributed by atoms with Crippen LogP contribution in [-0.4, -0.2) is 43.5 Å². The summed E-state index contributed by atoms with van der Waals surface area (Å²) in [7, 11) is 1.66. The molecule has 4 heteroatoms. The van der Waals surface area contributed by atoms with Gasteiger partial charge in [0.2, 0.25) is 0 Å². The Balaban J connectivity index is 1.87. The number of oxime groups is 1. The Hall–Kier alpha value is -1.55. The zero-order valence-electron chi connectivity index (χ0n) is 11.9. The molecule has 0 aromatic heterocycles. The lowest BCUT2D eigenvalue weighted by molar-refractivity contribution is 0.0634. The van der Waals surface area contributed by atoms with Crippen LogP contribution in [0.15, 0.2) is 29.4 Å². The van der Waals surface area contributed by atoms with E-state index in [1.54, 1.807) is 13.3 Å². The van der Waals surface area contributed by atoms with Crippen molar-refractivity contribution < 1.29 is 9.57 Å². The Morgan fingerprint density at radius 3 is 2.84 bits per heavy atom. The molecule has 1 saturated heterocycles. The number of hydrogen-bond acceptors (Lipinski definition) is 4. The molecule has 0 aliphatic carbocycles. The first kappa shape index (κ1) is 13.9. The van der Waals surface area contributed by atoms with Gasteiger partial charge in [0.25, 0.3) is 0 Å². The zero-order valence-corrected chi connectivity index (χ0v) is 11.9. The predicted octanol–water partition coefficient (Wildman–Crippen LogP) is 2.53. The van der Waals surface area contributed by atoms with Crippen LogP contribution in [0.4, 0.5) is 0 Å². The van der Waals surface area contributed by atoms with Crippen LogP contribution in [0.25, 0.3) is 0 Å². The van der Waals surface area contributed by atoms with Crippen molar-refractivity contribution in [2.75, 3.05) is 20.2 Å². The minimum absolute atomic E-state index is 0.202. The maximum atomic E-state index is 5.56. The minimum Gasteiger partial charge on any atom is -0.496 e. The Bertz CT molecular complexity index is 432. The molecule has 19 heavy (non-hydrogen) atoms. The average Bonchev–Trinajstić information content (AvgIpc) is 2.88. The quantitative estimate of drug-likeness (QED) is 0.604. The number of hydrogen-bond donors (Lipinski definition) is 0. The summed E-state index contributed by atoms with van der Waals surface area (Å²) in [5, 5.41) is 4.09. The summed E-state index contributed by atoms with van der Waals surface area (Å²) in [4.78, 5) is 7.97. The van der Waals surface area contributed by atoms with Crippen LogP contribution in [0, 0.1) is 0 Å². The zero-order chi connectivity index (χ0) is 13.7. The maximum Gasteiger partial charge on any atom is 0.141 e. The van der Waals surface area contributed by atoms with Gasteiger partial charge in [-0.25, -0.2) is 0 Å². The number of likely N-dealkylation sites (tertiary alicyclic amines) is 1. The highest BCUT2D eigenvalue weighted by atomic mass is 16.6. The van der Waals surface area contributed by atoms with E-state index >= 15 is 0 Å². The van der Waals surface area contributed by atoms with Crippen molar-refractivity contribution in [2.45, 2.75) is 32.4 Å². The second kappa shape index (κ2) is 6.57. The van der Waals surface area contributed by atoms with Crippen LogP contribution in [0.1, 0.15) is 25.8 Å². The van der Waals surface area contributed by atoms with E-state index in [0.29, 0.717) is 6.04 Å². The second-order valence-corrected chi connectivity index (χ2v) is 5.08. The third kappa shape index (κ3) is 3.70. The smallest absolute Gasteiger partial charge is 0.141 e. The van der Waals surface area contributed by atoms with Gasteiger partial charge in [0.15, 0.2) is 0 Å². The Labute approximate surface area is 115 Å². The summed E-state index contributed by atoms with van der Waals surface area (Å²) in [6.07, 6.45) is 2.96. The molecule has 1 heterocycles. The molecule has 1 unspecified atom stereocenters. The Kier molecular flexibility index (Phi) is 4.80. The van der Waals surface area contributed by atoms with Gasteiger partial charge in [0.05, 0.1) is 13.3 Å². The fourth-order valence-electron chi connectivity index (χ4n) is 2.26. The normalized spacial score (nSPS) is 20.3. The summed E-state index contributed by atoms with van der Waals surface area (Å²) >= 11 is 0. The first-order valence-electron chi connectivity index (χ1n) is 6.77. The first-order valence-corrected chi connectivity index (χ1v) is 6.77. The summed E-state index contributed by atoms with van der Waals surface area (Å²) in [6.45, 7) is 6.47. The van der Waals surface area contributed by atoms with Crippen molar-refractivity contribution in [2.24, 2.45) is 5.16 Å². The molecule has 0 bridgehead atoms. The second-order valence-electron chi connectivity index (χ2n) is 5.08. The molecule has 1 atom stereocenters. The summed E-state index contributed by atoms with van der Waals surface area (Å²) in [5.41, 5.74) is 0.934. The van der Waals surface area contributed by atoms with Gasteiger partial charge in [-0.15, -0.1) is 0 Å². The summed E-state index contributed by atoms with van der Waals surface area (Å²) in [5.74, 6) is 0.810. The maximum absolute atomic E-state index is 5.56. The van der Waals surface area contributed by atoms with Gasteiger partial charge < -0.3 is 9.57 Å². The molecule has 104 valence electrons. The van der Waals surface area contributed by atoms with E-state index < -0.39 is 0 Å². The van der Waals surface area contributed by atoms with E-state index in [2.05, 4.69) is 23.9 Å². The molecule has 2 rings (SSSR count). The molecule has 0 N–H and O–H groups in total. The van der Waals surface area contributed by atoms with Crippen molar-refractivity contribution in [3.63, 3.8) is 0 Å². The van der Waals surface area contributed by atoms with Gasteiger partial charge >= 0.3 is 0 Å². The molecule has 0 radical (unpaired) electrons. The van der Waals surface area contributed by atoms with E-state index in [1.165, 1.54) is 0 Å². The molecule has 1 aliphatic rings. The van der Waals surface area contributed by atoms with Crippen LogP contribution in [0.5, 0.6) is 5.75 Å². The number of benzene rings is 1. The highest BCUT2D eigenvalue weighted by molar-refractivity contribution is 5.82. The largest absolute Gasteiger partial charge is 0.496 e. The predicted molar refractivity (Wildman–Crippen MR) is 76.8 cm³/mol. The first-order chi connectivity index (χ1) is 9.20. The molecule has 0 saturated carbocycles. The van der Waals surface area contributed by atoms with Crippen LogP contribution in [-0.2, 0) is 4.84 Å². The van der Waals surface area contributed by atoms with Crippen LogP contribution in [0.2, 0.25) is 0 Å². The lowest BCUT2D eigenvalue weighted by Gasteiger charge is -2.19. The molecule has 0 amide bonds. The number of nitrogens with zero attached hydrogens (tertiary/aromatic N) is 2. The molecule has 1 aromatic carbocycles. The lowest BCUT2D eigenvalue weighted by atomic mass is 10.2. The summed E-state index contributed by atoms with van der Waals surface area (Å²) < 4.78 is 5.26. The van der Waals surface area contributed by atoms with Gasteiger partial charge in [0.1, 0.15) is 11.9 Å². The molecule has 1 aromatic rings. The van der Waals surface area contributed by atoms with E-state index in [4.69, 9.17) is 9.57 Å². The van der Waals surface area contributed by atoms with E-state index in [-0.39, 0.29) is 6.10 Å². The fourth-order valence-corrected chi connectivity index (χ4v) is 2.26. The topological polar surface area (TPSA) is 34.1 Å². The summed E-state index contributed by atoms with van der Waals surface area (Å²) in [6, 6.07) is 8.35. The monoisotopic (exact) mass is 262 g/mol. The number of para-hydroxylation sites is 1. The van der Waals surface area contributed by atoms with Gasteiger partial charge in [-0.05, 0) is 26.0 Å². The van der Waals surface area contributed by atoms with Gasteiger partial charge in [-0.3, -0.25) is 4.90 Å².